The molecule has 0 aliphatic carbocycles. The second-order valence-corrected chi connectivity index (χ2v) is 5.02. The molecule has 0 bridgehead atoms. The maximum Gasteiger partial charge on any atom is 0.229 e. The lowest BCUT2D eigenvalue weighted by Gasteiger charge is -2.17. The Morgan fingerprint density at radius 3 is 3.00 bits per heavy atom. The summed E-state index contributed by atoms with van der Waals surface area (Å²) < 4.78 is 6.00. The first-order valence-electron chi connectivity index (χ1n) is 4.76. The molecule has 1 unspecified atom stereocenters. The summed E-state index contributed by atoms with van der Waals surface area (Å²) in [6.45, 7) is 0.478. The molecule has 1 amide bonds. The third-order valence-corrected chi connectivity index (χ3v) is 3.08. The van der Waals surface area contributed by atoms with Gasteiger partial charge in [0.2, 0.25) is 5.91 Å². The van der Waals surface area contributed by atoms with Gasteiger partial charge < -0.3 is 4.74 Å². The van der Waals surface area contributed by atoms with Gasteiger partial charge in [0, 0.05) is 23.6 Å². The maximum absolute atomic E-state index is 11.7. The van der Waals surface area contributed by atoms with Crippen molar-refractivity contribution in [1.82, 2.24) is 4.98 Å². The molecular weight excluding hydrogens is 295 g/mol. The van der Waals surface area contributed by atoms with Crippen molar-refractivity contribution in [1.29, 1.82) is 0 Å². The summed E-state index contributed by atoms with van der Waals surface area (Å²) in [6, 6.07) is 1.77. The summed E-state index contributed by atoms with van der Waals surface area (Å²) in [5, 5.41) is -0.150. The molecule has 16 heavy (non-hydrogen) atoms. The minimum atomic E-state index is -0.150. The predicted octanol–water partition coefficient (Wildman–Crippen LogP) is 2.20. The fourth-order valence-electron chi connectivity index (χ4n) is 1.64. The monoisotopic (exact) mass is 304 g/mol. The molecule has 1 saturated heterocycles. The van der Waals surface area contributed by atoms with Gasteiger partial charge >= 0.3 is 0 Å². The number of carbonyl (C=O) groups is 1. The highest BCUT2D eigenvalue weighted by atomic mass is 79.9. The van der Waals surface area contributed by atoms with Gasteiger partial charge in [-0.3, -0.25) is 9.69 Å². The van der Waals surface area contributed by atoms with Crippen LogP contribution in [0.5, 0.6) is 5.75 Å². The molecule has 6 heteroatoms. The van der Waals surface area contributed by atoms with Crippen molar-refractivity contribution in [3.63, 3.8) is 0 Å². The number of anilines is 1. The number of carbonyl (C=O) groups excluding carboxylic acids is 1. The zero-order chi connectivity index (χ0) is 11.7. The molecule has 2 heterocycles. The Morgan fingerprint density at radius 2 is 2.44 bits per heavy atom. The molecular formula is C10H10BrClN2O2. The zero-order valence-electron chi connectivity index (χ0n) is 8.61. The van der Waals surface area contributed by atoms with Gasteiger partial charge in [0.25, 0.3) is 0 Å². The fourth-order valence-corrected chi connectivity index (χ4v) is 2.22. The molecule has 1 aliphatic heterocycles. The lowest BCUT2D eigenvalue weighted by molar-refractivity contribution is -0.117. The van der Waals surface area contributed by atoms with E-state index in [9.17, 15) is 4.79 Å². The van der Waals surface area contributed by atoms with E-state index in [1.807, 2.05) is 0 Å². The minimum absolute atomic E-state index is 0.0203. The van der Waals surface area contributed by atoms with Crippen molar-refractivity contribution in [2.24, 2.45) is 0 Å². The highest BCUT2D eigenvalue weighted by Gasteiger charge is 2.31. The third kappa shape index (κ3) is 2.15. The summed E-state index contributed by atoms with van der Waals surface area (Å²) in [7, 11) is 1.55. The molecule has 4 nitrogen and oxygen atoms in total. The van der Waals surface area contributed by atoms with Gasteiger partial charge in [0.05, 0.1) is 12.5 Å². The first-order valence-corrected chi connectivity index (χ1v) is 5.98. The minimum Gasteiger partial charge on any atom is -0.493 e. The summed E-state index contributed by atoms with van der Waals surface area (Å²) in [6.07, 6.45) is 1.98. The van der Waals surface area contributed by atoms with Crippen LogP contribution in [0, 0.1) is 0 Å². The predicted molar refractivity (Wildman–Crippen MR) is 65.1 cm³/mol. The molecule has 1 atom stereocenters. The molecule has 1 aromatic heterocycles. The van der Waals surface area contributed by atoms with E-state index in [0.29, 0.717) is 24.5 Å². The smallest absolute Gasteiger partial charge is 0.229 e. The second-order valence-electron chi connectivity index (χ2n) is 3.49. The summed E-state index contributed by atoms with van der Waals surface area (Å²) in [4.78, 5) is 17.4. The molecule has 1 fully saturated rings. The van der Waals surface area contributed by atoms with Crippen molar-refractivity contribution in [2.45, 2.75) is 11.8 Å². The first-order chi connectivity index (χ1) is 7.61. The second kappa shape index (κ2) is 4.59. The van der Waals surface area contributed by atoms with Gasteiger partial charge in [-0.15, -0.1) is 11.6 Å². The van der Waals surface area contributed by atoms with Crippen LogP contribution in [-0.2, 0) is 4.79 Å². The normalized spacial score (nSPS) is 20.3. The molecule has 0 spiro atoms. The van der Waals surface area contributed by atoms with Gasteiger partial charge in [-0.05, 0) is 22.0 Å². The Hall–Kier alpha value is -0.810. The molecule has 0 radical (unpaired) electrons. The average Bonchev–Trinajstić information content (AvgIpc) is 2.57. The highest BCUT2D eigenvalue weighted by molar-refractivity contribution is 9.10. The Balaban J connectivity index is 2.36. The van der Waals surface area contributed by atoms with E-state index < -0.39 is 0 Å². The van der Waals surface area contributed by atoms with E-state index in [4.69, 9.17) is 16.3 Å². The van der Waals surface area contributed by atoms with Crippen LogP contribution < -0.4 is 9.64 Å². The highest BCUT2D eigenvalue weighted by Crippen LogP contribution is 2.32. The van der Waals surface area contributed by atoms with E-state index in [1.54, 1.807) is 24.3 Å². The molecule has 0 saturated carbocycles. The number of halogens is 2. The van der Waals surface area contributed by atoms with E-state index in [0.717, 1.165) is 4.47 Å². The molecule has 0 N–H and O–H groups in total. The number of amides is 1. The van der Waals surface area contributed by atoms with Crippen molar-refractivity contribution in [3.8, 4) is 5.75 Å². The summed E-state index contributed by atoms with van der Waals surface area (Å²) in [5.41, 5.74) is 0. The number of nitrogens with zero attached hydrogens (tertiary/aromatic N) is 2. The lowest BCUT2D eigenvalue weighted by Crippen LogP contribution is -2.26. The van der Waals surface area contributed by atoms with Crippen LogP contribution in [0.4, 0.5) is 5.82 Å². The number of alkyl halides is 1. The number of ether oxygens (including phenoxy) is 1. The van der Waals surface area contributed by atoms with Crippen molar-refractivity contribution >= 4 is 39.3 Å². The van der Waals surface area contributed by atoms with Crippen LogP contribution in [-0.4, -0.2) is 29.9 Å². The van der Waals surface area contributed by atoms with Crippen LogP contribution in [0.2, 0.25) is 0 Å². The largest absolute Gasteiger partial charge is 0.493 e. The molecule has 1 aromatic rings. The molecule has 2 rings (SSSR count). The van der Waals surface area contributed by atoms with E-state index >= 15 is 0 Å². The van der Waals surface area contributed by atoms with E-state index in [2.05, 4.69) is 20.9 Å². The number of hydrogen-bond acceptors (Lipinski definition) is 3. The first kappa shape index (κ1) is 11.7. The van der Waals surface area contributed by atoms with Crippen LogP contribution in [0.25, 0.3) is 0 Å². The van der Waals surface area contributed by atoms with Crippen LogP contribution in [0.1, 0.15) is 6.42 Å². The fraction of sp³-hybridized carbons (Fsp3) is 0.400. The Bertz CT molecular complexity index is 427. The summed E-state index contributed by atoms with van der Waals surface area (Å²) in [5.74, 6) is 1.07. The number of hydrogen-bond donors (Lipinski definition) is 0. The van der Waals surface area contributed by atoms with Crippen LogP contribution >= 0.6 is 27.5 Å². The number of rotatable bonds is 2. The SMILES string of the molecule is COc1cc(Br)cnc1N1CC(Cl)CC1=O. The van der Waals surface area contributed by atoms with Crippen LogP contribution in [0.15, 0.2) is 16.7 Å². The Morgan fingerprint density at radius 1 is 1.69 bits per heavy atom. The van der Waals surface area contributed by atoms with Crippen molar-refractivity contribution in [2.75, 3.05) is 18.6 Å². The summed E-state index contributed by atoms with van der Waals surface area (Å²) >= 11 is 9.24. The molecule has 0 aromatic carbocycles. The zero-order valence-corrected chi connectivity index (χ0v) is 11.0. The van der Waals surface area contributed by atoms with Gasteiger partial charge in [-0.2, -0.15) is 0 Å². The lowest BCUT2D eigenvalue weighted by atomic mass is 10.4. The van der Waals surface area contributed by atoms with Crippen molar-refractivity contribution in [3.05, 3.63) is 16.7 Å². The van der Waals surface area contributed by atoms with Gasteiger partial charge in [0.1, 0.15) is 0 Å². The van der Waals surface area contributed by atoms with E-state index in [-0.39, 0.29) is 11.3 Å². The van der Waals surface area contributed by atoms with Gasteiger partial charge in [0.15, 0.2) is 11.6 Å². The quantitative estimate of drug-likeness (QED) is 0.787. The Labute approximate surface area is 107 Å². The Kier molecular flexibility index (Phi) is 3.35. The van der Waals surface area contributed by atoms with Gasteiger partial charge in [-0.1, -0.05) is 0 Å². The molecule has 1 aliphatic rings. The average molecular weight is 306 g/mol. The van der Waals surface area contributed by atoms with Crippen LogP contribution in [0.3, 0.4) is 0 Å². The number of methoxy groups -OCH3 is 1. The molecule has 86 valence electrons. The number of aromatic nitrogens is 1. The topological polar surface area (TPSA) is 42.4 Å². The van der Waals surface area contributed by atoms with Gasteiger partial charge in [-0.25, -0.2) is 4.98 Å². The van der Waals surface area contributed by atoms with E-state index in [1.165, 1.54) is 0 Å². The van der Waals surface area contributed by atoms with Crippen molar-refractivity contribution < 1.29 is 9.53 Å². The maximum atomic E-state index is 11.7. The standard InChI is InChI=1S/C10H10BrClN2O2/c1-16-8-2-6(11)4-13-10(8)14-5-7(12)3-9(14)15/h2,4,7H,3,5H2,1H3. The number of pyridine rings is 1. The third-order valence-electron chi connectivity index (χ3n) is 2.35.